The number of aryl methyl sites for hydroxylation is 1. The van der Waals surface area contributed by atoms with Gasteiger partial charge in [-0.1, -0.05) is 11.6 Å². The number of halogens is 1. The Kier molecular flexibility index (Phi) is 3.98. The van der Waals surface area contributed by atoms with Gasteiger partial charge in [0.2, 0.25) is 0 Å². The molecule has 0 radical (unpaired) electrons. The number of aromatic nitrogens is 2. The van der Waals surface area contributed by atoms with E-state index in [1.54, 1.807) is 18.2 Å². The van der Waals surface area contributed by atoms with E-state index in [-0.39, 0.29) is 11.9 Å². The molecule has 5 nitrogen and oxygen atoms in total. The Morgan fingerprint density at radius 1 is 1.32 bits per heavy atom. The molecule has 1 atom stereocenters. The number of nitrogens with zero attached hydrogens (tertiary/aromatic N) is 3. The van der Waals surface area contributed by atoms with E-state index in [2.05, 4.69) is 10.2 Å². The highest BCUT2D eigenvalue weighted by molar-refractivity contribution is 6.30. The minimum atomic E-state index is -0.0457. The fourth-order valence-corrected chi connectivity index (χ4v) is 3.10. The van der Waals surface area contributed by atoms with Crippen LogP contribution < -0.4 is 5.73 Å². The van der Waals surface area contributed by atoms with Crippen LogP contribution >= 0.6 is 11.6 Å². The largest absolute Gasteiger partial charge is 0.382 e. The summed E-state index contributed by atoms with van der Waals surface area (Å²) < 4.78 is 0. The topological polar surface area (TPSA) is 72.1 Å². The van der Waals surface area contributed by atoms with Crippen molar-refractivity contribution < 1.29 is 4.79 Å². The van der Waals surface area contributed by atoms with Crippen molar-refractivity contribution in [3.63, 3.8) is 0 Å². The van der Waals surface area contributed by atoms with Crippen molar-refractivity contribution in [2.75, 3.05) is 12.3 Å². The molecule has 22 heavy (non-hydrogen) atoms. The van der Waals surface area contributed by atoms with Crippen LogP contribution in [-0.2, 0) is 0 Å². The maximum Gasteiger partial charge on any atom is 0.254 e. The van der Waals surface area contributed by atoms with Gasteiger partial charge in [-0.2, -0.15) is 5.10 Å². The van der Waals surface area contributed by atoms with Crippen LogP contribution in [0.4, 0.5) is 5.82 Å². The number of nitrogens with two attached hydrogens (primary N) is 1. The van der Waals surface area contributed by atoms with Gasteiger partial charge in [0.25, 0.3) is 5.91 Å². The normalized spacial score (nSPS) is 17.7. The van der Waals surface area contributed by atoms with Crippen LogP contribution in [0.1, 0.15) is 40.5 Å². The first-order chi connectivity index (χ1) is 10.6. The summed E-state index contributed by atoms with van der Waals surface area (Å²) in [7, 11) is 0. The highest BCUT2D eigenvalue weighted by Crippen LogP contribution is 2.32. The third-order valence-electron chi connectivity index (χ3n) is 3.98. The third kappa shape index (κ3) is 2.76. The molecule has 1 saturated heterocycles. The number of rotatable bonds is 2. The zero-order chi connectivity index (χ0) is 15.7. The smallest absolute Gasteiger partial charge is 0.254 e. The molecule has 3 rings (SSSR count). The highest BCUT2D eigenvalue weighted by Gasteiger charge is 2.32. The van der Waals surface area contributed by atoms with E-state index in [1.807, 2.05) is 24.0 Å². The molecule has 1 aliphatic rings. The second kappa shape index (κ2) is 5.93. The summed E-state index contributed by atoms with van der Waals surface area (Å²) in [5, 5.41) is 8.66. The Morgan fingerprint density at radius 3 is 2.82 bits per heavy atom. The molecule has 0 bridgehead atoms. The fourth-order valence-electron chi connectivity index (χ4n) is 2.87. The zero-order valence-electron chi connectivity index (χ0n) is 12.3. The Bertz CT molecular complexity index is 702. The molecule has 0 aliphatic carbocycles. The number of nitrogen functional groups attached to an aromatic ring is 1. The second-order valence-corrected chi connectivity index (χ2v) is 5.94. The molecule has 1 aliphatic heterocycles. The molecule has 1 aromatic carbocycles. The molecule has 1 aromatic heterocycles. The van der Waals surface area contributed by atoms with Crippen LogP contribution in [0.25, 0.3) is 0 Å². The van der Waals surface area contributed by atoms with Crippen LogP contribution in [0, 0.1) is 6.92 Å². The van der Waals surface area contributed by atoms with Gasteiger partial charge in [-0.25, -0.2) is 0 Å². The molecule has 2 heterocycles. The lowest BCUT2D eigenvalue weighted by molar-refractivity contribution is 0.0731. The number of benzene rings is 1. The summed E-state index contributed by atoms with van der Waals surface area (Å²) in [5.41, 5.74) is 7.92. The molecule has 2 N–H and O–H groups in total. The average Bonchev–Trinajstić information content (AvgIpc) is 2.97. The minimum Gasteiger partial charge on any atom is -0.382 e. The van der Waals surface area contributed by atoms with Crippen LogP contribution in [0.2, 0.25) is 5.02 Å². The Morgan fingerprint density at radius 2 is 2.14 bits per heavy atom. The summed E-state index contributed by atoms with van der Waals surface area (Å²) in [4.78, 5) is 14.7. The van der Waals surface area contributed by atoms with E-state index >= 15 is 0 Å². The lowest BCUT2D eigenvalue weighted by Crippen LogP contribution is -2.31. The lowest BCUT2D eigenvalue weighted by atomic mass is 10.1. The van der Waals surface area contributed by atoms with E-state index in [0.717, 1.165) is 30.6 Å². The molecule has 0 spiro atoms. The lowest BCUT2D eigenvalue weighted by Gasteiger charge is -2.24. The van der Waals surface area contributed by atoms with Gasteiger partial charge in [-0.15, -0.1) is 5.10 Å². The molecule has 114 valence electrons. The zero-order valence-corrected chi connectivity index (χ0v) is 13.0. The standard InChI is InChI=1S/C16H17ClN4O/c1-10-9-11(17)4-5-12(10)16(22)21-8-2-3-14(21)13-6-7-15(18)20-19-13/h4-7,9,14H,2-3,8H2,1H3,(H2,18,20). The van der Waals surface area contributed by atoms with Gasteiger partial charge in [0.1, 0.15) is 5.82 Å². The first-order valence-electron chi connectivity index (χ1n) is 7.22. The quantitative estimate of drug-likeness (QED) is 0.924. The van der Waals surface area contributed by atoms with Crippen LogP contribution in [0.3, 0.4) is 0 Å². The number of amides is 1. The van der Waals surface area contributed by atoms with E-state index in [0.29, 0.717) is 16.4 Å². The number of anilines is 1. The molecule has 1 unspecified atom stereocenters. The van der Waals surface area contributed by atoms with Gasteiger partial charge in [0.15, 0.2) is 0 Å². The van der Waals surface area contributed by atoms with Crippen molar-refractivity contribution in [3.05, 3.63) is 52.2 Å². The van der Waals surface area contributed by atoms with Crippen LogP contribution in [-0.4, -0.2) is 27.5 Å². The van der Waals surface area contributed by atoms with Crippen LogP contribution in [0.5, 0.6) is 0 Å². The maximum absolute atomic E-state index is 12.8. The second-order valence-electron chi connectivity index (χ2n) is 5.50. The molecule has 2 aromatic rings. The Balaban J connectivity index is 1.89. The van der Waals surface area contributed by atoms with Gasteiger partial charge in [0, 0.05) is 17.1 Å². The summed E-state index contributed by atoms with van der Waals surface area (Å²) in [6.07, 6.45) is 1.84. The maximum atomic E-state index is 12.8. The minimum absolute atomic E-state index is 0.00953. The average molecular weight is 317 g/mol. The Labute approximate surface area is 134 Å². The van der Waals surface area contributed by atoms with E-state index < -0.39 is 0 Å². The monoisotopic (exact) mass is 316 g/mol. The van der Waals surface area contributed by atoms with Crippen molar-refractivity contribution in [2.45, 2.75) is 25.8 Å². The predicted molar refractivity (Wildman–Crippen MR) is 85.6 cm³/mol. The molecule has 1 fully saturated rings. The van der Waals surface area contributed by atoms with Crippen molar-refractivity contribution >= 4 is 23.3 Å². The number of carbonyl (C=O) groups is 1. The molecular weight excluding hydrogens is 300 g/mol. The number of likely N-dealkylation sites (tertiary alicyclic amines) is 1. The number of hydrogen-bond acceptors (Lipinski definition) is 4. The first kappa shape index (κ1) is 14.8. The van der Waals surface area contributed by atoms with E-state index in [1.165, 1.54) is 0 Å². The molecule has 1 amide bonds. The SMILES string of the molecule is Cc1cc(Cl)ccc1C(=O)N1CCCC1c1ccc(N)nn1. The van der Waals surface area contributed by atoms with Gasteiger partial charge in [-0.3, -0.25) is 4.79 Å². The van der Waals surface area contributed by atoms with Crippen molar-refractivity contribution in [2.24, 2.45) is 0 Å². The summed E-state index contributed by atoms with van der Waals surface area (Å²) >= 11 is 5.97. The van der Waals surface area contributed by atoms with Gasteiger partial charge in [-0.05, 0) is 55.7 Å². The highest BCUT2D eigenvalue weighted by atomic mass is 35.5. The van der Waals surface area contributed by atoms with Gasteiger partial charge in [0.05, 0.1) is 11.7 Å². The van der Waals surface area contributed by atoms with Crippen molar-refractivity contribution in [3.8, 4) is 0 Å². The molecule has 0 saturated carbocycles. The summed E-state index contributed by atoms with van der Waals surface area (Å²) in [6.45, 7) is 2.62. The van der Waals surface area contributed by atoms with Gasteiger partial charge < -0.3 is 10.6 Å². The molecular formula is C16H17ClN4O. The summed E-state index contributed by atoms with van der Waals surface area (Å²) in [5.74, 6) is 0.392. The van der Waals surface area contributed by atoms with Gasteiger partial charge >= 0.3 is 0 Å². The fraction of sp³-hybridized carbons (Fsp3) is 0.312. The van der Waals surface area contributed by atoms with E-state index in [4.69, 9.17) is 17.3 Å². The molecule has 6 heteroatoms. The third-order valence-corrected chi connectivity index (χ3v) is 4.21. The van der Waals surface area contributed by atoms with Crippen molar-refractivity contribution in [1.29, 1.82) is 0 Å². The predicted octanol–water partition coefficient (Wildman–Crippen LogP) is 3.00. The number of carbonyl (C=O) groups excluding carboxylic acids is 1. The van der Waals surface area contributed by atoms with Crippen molar-refractivity contribution in [1.82, 2.24) is 15.1 Å². The van der Waals surface area contributed by atoms with Crippen LogP contribution in [0.15, 0.2) is 30.3 Å². The Hall–Kier alpha value is -2.14. The first-order valence-corrected chi connectivity index (χ1v) is 7.60. The number of hydrogen-bond donors (Lipinski definition) is 1. The summed E-state index contributed by atoms with van der Waals surface area (Å²) in [6, 6.07) is 8.85. The van der Waals surface area contributed by atoms with E-state index in [9.17, 15) is 4.79 Å².